The van der Waals surface area contributed by atoms with Crippen LogP contribution in [0.4, 0.5) is 20.4 Å². The normalized spacial score (nSPS) is 10.4. The molecule has 0 saturated carbocycles. The highest BCUT2D eigenvalue weighted by atomic mass is 79.9. The van der Waals surface area contributed by atoms with Crippen molar-refractivity contribution in [1.82, 2.24) is 9.97 Å². The molecule has 0 unspecified atom stereocenters. The quantitative estimate of drug-likeness (QED) is 0.936. The standard InChI is InChI=1S/C11H8BrF2N3O/c12-7-5-15-11(16-6-7)17-8-2-1-3-9(4-8)18-10(13)14/h1-6,10H,(H,15,16,17). The van der Waals surface area contributed by atoms with Crippen molar-refractivity contribution in [3.05, 3.63) is 41.1 Å². The molecular formula is C11H8BrF2N3O. The molecule has 1 aromatic heterocycles. The number of hydrogen-bond donors (Lipinski definition) is 1. The van der Waals surface area contributed by atoms with Gasteiger partial charge in [-0.3, -0.25) is 0 Å². The van der Waals surface area contributed by atoms with Crippen molar-refractivity contribution in [2.24, 2.45) is 0 Å². The van der Waals surface area contributed by atoms with Crippen molar-refractivity contribution in [3.8, 4) is 5.75 Å². The van der Waals surface area contributed by atoms with Crippen LogP contribution in [-0.2, 0) is 0 Å². The third-order valence-corrected chi connectivity index (χ3v) is 2.35. The van der Waals surface area contributed by atoms with Crippen LogP contribution in [0.3, 0.4) is 0 Å². The molecule has 0 aliphatic carbocycles. The third kappa shape index (κ3) is 3.63. The maximum absolute atomic E-state index is 12.1. The zero-order valence-corrected chi connectivity index (χ0v) is 10.6. The molecule has 1 N–H and O–H groups in total. The van der Waals surface area contributed by atoms with Crippen LogP contribution in [0.2, 0.25) is 0 Å². The molecule has 18 heavy (non-hydrogen) atoms. The summed E-state index contributed by atoms with van der Waals surface area (Å²) in [5, 5.41) is 2.88. The summed E-state index contributed by atoms with van der Waals surface area (Å²) in [5.74, 6) is 0.444. The van der Waals surface area contributed by atoms with Crippen molar-refractivity contribution in [1.29, 1.82) is 0 Å². The number of anilines is 2. The summed E-state index contributed by atoms with van der Waals surface area (Å²) in [7, 11) is 0. The highest BCUT2D eigenvalue weighted by Crippen LogP contribution is 2.21. The van der Waals surface area contributed by atoms with Gasteiger partial charge in [0.1, 0.15) is 5.75 Å². The van der Waals surface area contributed by atoms with E-state index >= 15 is 0 Å². The molecule has 0 aliphatic rings. The van der Waals surface area contributed by atoms with E-state index < -0.39 is 6.61 Å². The second kappa shape index (κ2) is 5.72. The van der Waals surface area contributed by atoms with E-state index in [-0.39, 0.29) is 5.75 Å². The first-order chi connectivity index (χ1) is 8.63. The van der Waals surface area contributed by atoms with Gasteiger partial charge in [-0.1, -0.05) is 6.07 Å². The average molecular weight is 316 g/mol. The Bertz CT molecular complexity index is 522. The third-order valence-electron chi connectivity index (χ3n) is 1.94. The molecule has 0 radical (unpaired) electrons. The number of hydrogen-bond acceptors (Lipinski definition) is 4. The molecule has 1 heterocycles. The van der Waals surface area contributed by atoms with Gasteiger partial charge in [-0.25, -0.2) is 9.97 Å². The zero-order chi connectivity index (χ0) is 13.0. The van der Waals surface area contributed by atoms with E-state index in [0.29, 0.717) is 11.6 Å². The van der Waals surface area contributed by atoms with Crippen LogP contribution >= 0.6 is 15.9 Å². The number of ether oxygens (including phenoxy) is 1. The number of rotatable bonds is 4. The second-order valence-corrected chi connectivity index (χ2v) is 4.17. The first-order valence-electron chi connectivity index (χ1n) is 4.93. The average Bonchev–Trinajstić information content (AvgIpc) is 2.32. The van der Waals surface area contributed by atoms with Crippen LogP contribution < -0.4 is 10.1 Å². The van der Waals surface area contributed by atoms with Crippen molar-refractivity contribution < 1.29 is 13.5 Å². The van der Waals surface area contributed by atoms with Gasteiger partial charge in [0.2, 0.25) is 5.95 Å². The molecule has 94 valence electrons. The van der Waals surface area contributed by atoms with Crippen LogP contribution in [0.15, 0.2) is 41.1 Å². The first-order valence-corrected chi connectivity index (χ1v) is 5.72. The lowest BCUT2D eigenvalue weighted by molar-refractivity contribution is -0.0497. The minimum absolute atomic E-state index is 0.0760. The highest BCUT2D eigenvalue weighted by Gasteiger charge is 2.05. The SMILES string of the molecule is FC(F)Oc1cccc(Nc2ncc(Br)cn2)c1. The molecule has 0 fully saturated rings. The molecule has 2 rings (SSSR count). The monoisotopic (exact) mass is 315 g/mol. The molecule has 0 aliphatic heterocycles. The second-order valence-electron chi connectivity index (χ2n) is 3.26. The number of alkyl halides is 2. The maximum Gasteiger partial charge on any atom is 0.387 e. The zero-order valence-electron chi connectivity index (χ0n) is 8.98. The summed E-state index contributed by atoms with van der Waals surface area (Å²) in [5.41, 5.74) is 0.565. The lowest BCUT2D eigenvalue weighted by Gasteiger charge is -2.07. The van der Waals surface area contributed by atoms with Crippen molar-refractivity contribution >= 4 is 27.6 Å². The summed E-state index contributed by atoms with van der Waals surface area (Å²) in [6, 6.07) is 6.18. The summed E-state index contributed by atoms with van der Waals surface area (Å²) < 4.78 is 29.1. The summed E-state index contributed by atoms with van der Waals surface area (Å²) in [6.07, 6.45) is 3.16. The topological polar surface area (TPSA) is 47.0 Å². The number of aromatic nitrogens is 2. The minimum atomic E-state index is -2.84. The van der Waals surface area contributed by atoms with Gasteiger partial charge >= 0.3 is 6.61 Å². The Hall–Kier alpha value is -1.76. The fourth-order valence-corrected chi connectivity index (χ4v) is 1.46. The van der Waals surface area contributed by atoms with Crippen LogP contribution in [-0.4, -0.2) is 16.6 Å². The van der Waals surface area contributed by atoms with Gasteiger partial charge in [0.25, 0.3) is 0 Å². The molecule has 0 atom stereocenters. The van der Waals surface area contributed by atoms with Crippen LogP contribution in [0.25, 0.3) is 0 Å². The number of nitrogens with one attached hydrogen (secondary N) is 1. The fourth-order valence-electron chi connectivity index (χ4n) is 1.26. The van der Waals surface area contributed by atoms with E-state index in [4.69, 9.17) is 0 Å². The van der Waals surface area contributed by atoms with E-state index in [9.17, 15) is 8.78 Å². The van der Waals surface area contributed by atoms with Gasteiger partial charge in [0.05, 0.1) is 4.47 Å². The molecule has 1 aromatic carbocycles. The van der Waals surface area contributed by atoms with Gasteiger partial charge < -0.3 is 10.1 Å². The van der Waals surface area contributed by atoms with E-state index in [0.717, 1.165) is 4.47 Å². The lowest BCUT2D eigenvalue weighted by Crippen LogP contribution is -2.02. The van der Waals surface area contributed by atoms with Gasteiger partial charge in [-0.05, 0) is 28.1 Å². The predicted molar refractivity (Wildman–Crippen MR) is 66.1 cm³/mol. The van der Waals surface area contributed by atoms with E-state index in [1.165, 1.54) is 12.1 Å². The minimum Gasteiger partial charge on any atom is -0.435 e. The van der Waals surface area contributed by atoms with E-state index in [2.05, 4.69) is 36.0 Å². The van der Waals surface area contributed by atoms with Gasteiger partial charge in [-0.15, -0.1) is 0 Å². The van der Waals surface area contributed by atoms with Crippen LogP contribution in [0, 0.1) is 0 Å². The Balaban J connectivity index is 2.11. The van der Waals surface area contributed by atoms with Gasteiger partial charge in [-0.2, -0.15) is 8.78 Å². The molecular weight excluding hydrogens is 308 g/mol. The Morgan fingerprint density at radius 3 is 2.61 bits per heavy atom. The fraction of sp³-hybridized carbons (Fsp3) is 0.0909. The molecule has 0 saturated heterocycles. The largest absolute Gasteiger partial charge is 0.435 e. The Kier molecular flexibility index (Phi) is 4.03. The van der Waals surface area contributed by atoms with Crippen LogP contribution in [0.5, 0.6) is 5.75 Å². The summed E-state index contributed by atoms with van der Waals surface area (Å²) in [4.78, 5) is 8.01. The molecule has 2 aromatic rings. The van der Waals surface area contributed by atoms with Crippen molar-refractivity contribution in [2.75, 3.05) is 5.32 Å². The van der Waals surface area contributed by atoms with E-state index in [1.54, 1.807) is 24.5 Å². The molecule has 7 heteroatoms. The molecule has 4 nitrogen and oxygen atoms in total. The number of nitrogens with zero attached hydrogens (tertiary/aromatic N) is 2. The number of benzene rings is 1. The highest BCUT2D eigenvalue weighted by molar-refractivity contribution is 9.10. The molecule has 0 bridgehead atoms. The smallest absolute Gasteiger partial charge is 0.387 e. The lowest BCUT2D eigenvalue weighted by atomic mass is 10.3. The molecule has 0 amide bonds. The maximum atomic E-state index is 12.1. The summed E-state index contributed by atoms with van der Waals surface area (Å²) in [6.45, 7) is -2.84. The molecule has 0 spiro atoms. The Morgan fingerprint density at radius 2 is 1.94 bits per heavy atom. The van der Waals surface area contributed by atoms with Gasteiger partial charge in [0.15, 0.2) is 0 Å². The first kappa shape index (κ1) is 12.7. The van der Waals surface area contributed by atoms with Crippen molar-refractivity contribution in [2.45, 2.75) is 6.61 Å². The Labute approximate surface area is 110 Å². The van der Waals surface area contributed by atoms with Crippen LogP contribution in [0.1, 0.15) is 0 Å². The number of halogens is 3. The van der Waals surface area contributed by atoms with Crippen molar-refractivity contribution in [3.63, 3.8) is 0 Å². The summed E-state index contributed by atoms with van der Waals surface area (Å²) >= 11 is 3.21. The Morgan fingerprint density at radius 1 is 1.22 bits per heavy atom. The predicted octanol–water partition coefficient (Wildman–Crippen LogP) is 3.58. The van der Waals surface area contributed by atoms with Gasteiger partial charge in [0, 0.05) is 24.1 Å². The van der Waals surface area contributed by atoms with E-state index in [1.807, 2.05) is 0 Å².